The first-order valence-corrected chi connectivity index (χ1v) is 11.0. The number of fused-ring (bicyclic) bond motifs is 1. The van der Waals surface area contributed by atoms with E-state index in [0.29, 0.717) is 27.9 Å². The summed E-state index contributed by atoms with van der Waals surface area (Å²) in [5, 5.41) is 1.34. The van der Waals surface area contributed by atoms with Crippen LogP contribution in [-0.4, -0.2) is 18.5 Å². The first-order chi connectivity index (χ1) is 13.0. The van der Waals surface area contributed by atoms with Crippen molar-refractivity contribution in [3.8, 4) is 0 Å². The van der Waals surface area contributed by atoms with Crippen LogP contribution in [0.5, 0.6) is 0 Å². The maximum atomic E-state index is 6.55. The fraction of sp³-hybridized carbons (Fsp3) is 0.520. The van der Waals surface area contributed by atoms with E-state index in [1.807, 2.05) is 0 Å². The molecule has 1 unspecified atom stereocenters. The Kier molecular flexibility index (Phi) is 5.94. The van der Waals surface area contributed by atoms with Crippen LogP contribution in [-0.2, 0) is 0 Å². The Labute approximate surface area is 224 Å². The predicted molar refractivity (Wildman–Crippen MR) is 184 cm³/mol. The lowest BCUT2D eigenvalue weighted by atomic mass is 9.57. The summed E-state index contributed by atoms with van der Waals surface area (Å²) in [6.45, 7) is 17.1. The van der Waals surface area contributed by atoms with E-state index in [0.717, 1.165) is 12.1 Å². The Morgan fingerprint density at radius 2 is 1.71 bits per heavy atom. The lowest BCUT2D eigenvalue weighted by Gasteiger charge is -2.53. The molecule has 3 atom stereocenters. The first-order valence-electron chi connectivity index (χ1n) is 10.3. The van der Waals surface area contributed by atoms with Gasteiger partial charge in [0.05, 0.1) is 10.0 Å². The van der Waals surface area contributed by atoms with Crippen molar-refractivity contribution in [1.82, 2.24) is 4.90 Å². The van der Waals surface area contributed by atoms with Crippen LogP contribution in [0.3, 0.4) is 0 Å². The van der Waals surface area contributed by atoms with Gasteiger partial charge >= 0.3 is 0 Å². The Balaban J connectivity index is -0.0000000124. The van der Waals surface area contributed by atoms with Crippen molar-refractivity contribution in [2.45, 2.75) is 60.4 Å². The average molecular weight is 477 g/mol. The molecule has 0 bridgehead atoms. The van der Waals surface area contributed by atoms with Crippen LogP contribution < -0.4 is 0 Å². The molecule has 0 aromatic heterocycles. The normalized spacial score (nSPS) is 23.8. The molecule has 210 valence electrons. The second-order valence-electron chi connectivity index (χ2n) is 9.15. The summed E-state index contributed by atoms with van der Waals surface area (Å²) >= 11 is 13.0. The van der Waals surface area contributed by atoms with Crippen molar-refractivity contribution < 1.29 is 41.4 Å². The van der Waals surface area contributed by atoms with Gasteiger partial charge in [-0.15, -0.1) is 0 Å². The predicted octanol–water partition coefficient (Wildman–Crippen LogP) is 14.9. The van der Waals surface area contributed by atoms with Crippen LogP contribution in [0.2, 0.25) is 10.0 Å². The van der Waals surface area contributed by atoms with Crippen molar-refractivity contribution in [2.75, 3.05) is 13.6 Å². The van der Waals surface area contributed by atoms with Gasteiger partial charge in [-0.3, -0.25) is 4.90 Å². The lowest BCUT2D eigenvalue weighted by molar-refractivity contribution is 0.0444. The largest absolute Gasteiger partial charge is 0.299 e. The number of aryl methyl sites for hydroxylation is 1. The molecule has 3 rings (SSSR count). The number of benzene rings is 2. The third-order valence-electron chi connectivity index (χ3n) is 7.44. The van der Waals surface area contributed by atoms with Crippen LogP contribution in [0.4, 0.5) is 0 Å². The van der Waals surface area contributed by atoms with Crippen LogP contribution in [0.25, 0.3) is 0 Å². The Bertz CT molecular complexity index is 957. The number of rotatable bonds is 3. The van der Waals surface area contributed by atoms with Crippen molar-refractivity contribution in [3.63, 3.8) is 0 Å². The summed E-state index contributed by atoms with van der Waals surface area (Å²) in [6.07, 6.45) is 0. The minimum atomic E-state index is 0. The van der Waals surface area contributed by atoms with Gasteiger partial charge < -0.3 is 0 Å². The number of hydrogen-bond acceptors (Lipinski definition) is 1. The first kappa shape index (κ1) is 21.7. The van der Waals surface area contributed by atoms with Crippen molar-refractivity contribution >= 4 is 23.2 Å². The van der Waals surface area contributed by atoms with Crippen molar-refractivity contribution in [2.24, 2.45) is 11.3 Å². The molecule has 1 aliphatic carbocycles. The van der Waals surface area contributed by atoms with Gasteiger partial charge in [-0.2, -0.15) is 0 Å². The standard InChI is InChI=1S/C25H33Cl2N.29H2/c1-9-28(8)24-21-14(2)11-10-12-18(21)22(17(5)25(24,6)7)19-13-20(26)23(27)16(4)15(19)3;;;;;;;;;;;;;;;;;;;;;;;;;;;;;/h10-13,17,22,24H,9H2,1-8H3;29*1H/t17?,22-,24-;;;;;;;;;;;;;;;;;;;;;;;;;;;;;/m1............................./s1. The zero-order valence-electron chi connectivity index (χ0n) is 18.5. The van der Waals surface area contributed by atoms with E-state index in [-0.39, 0.29) is 46.8 Å². The maximum absolute atomic E-state index is 6.55. The molecule has 2 aromatic carbocycles. The van der Waals surface area contributed by atoms with E-state index < -0.39 is 0 Å². The van der Waals surface area contributed by atoms with Crippen LogP contribution >= 0.6 is 23.2 Å². The monoisotopic (exact) mass is 476 g/mol. The zero-order chi connectivity index (χ0) is 21.0. The van der Waals surface area contributed by atoms with Gasteiger partial charge in [0.2, 0.25) is 0 Å². The molecular formula is C25H91Cl2N. The fourth-order valence-corrected chi connectivity index (χ4v) is 5.72. The fourth-order valence-electron chi connectivity index (χ4n) is 5.27. The van der Waals surface area contributed by atoms with Crippen LogP contribution in [0.1, 0.15) is 114 Å². The summed E-state index contributed by atoms with van der Waals surface area (Å²) < 4.78 is 0. The minimum Gasteiger partial charge on any atom is -0.299 e. The molecule has 3 heteroatoms. The van der Waals surface area contributed by atoms with Gasteiger partial charge in [0.25, 0.3) is 0 Å². The molecule has 0 N–H and O–H groups in total. The highest BCUT2D eigenvalue weighted by Crippen LogP contribution is 2.58. The molecule has 1 nitrogen and oxygen atoms in total. The van der Waals surface area contributed by atoms with Gasteiger partial charge in [0, 0.05) is 53.3 Å². The van der Waals surface area contributed by atoms with Gasteiger partial charge in [-0.05, 0) is 85.1 Å². The molecule has 0 aliphatic heterocycles. The lowest BCUT2D eigenvalue weighted by Crippen LogP contribution is -2.46. The highest BCUT2D eigenvalue weighted by molar-refractivity contribution is 6.42. The third-order valence-corrected chi connectivity index (χ3v) is 8.32. The quantitative estimate of drug-likeness (QED) is 0.425. The molecular weight excluding hydrogens is 385 g/mol. The molecule has 0 radical (unpaired) electrons. The van der Waals surface area contributed by atoms with E-state index in [1.165, 1.54) is 27.8 Å². The molecule has 0 amide bonds. The van der Waals surface area contributed by atoms with E-state index in [4.69, 9.17) is 23.2 Å². The number of hydrogen-bond donors (Lipinski definition) is 0. The molecule has 0 saturated carbocycles. The molecule has 0 saturated heterocycles. The molecule has 0 heterocycles. The van der Waals surface area contributed by atoms with E-state index in [1.54, 1.807) is 0 Å². The Hall–Kier alpha value is -1.02. The number of nitrogens with zero attached hydrogens (tertiary/aromatic N) is 1. The van der Waals surface area contributed by atoms with E-state index in [2.05, 4.69) is 84.7 Å². The number of halogens is 2. The molecule has 0 fully saturated rings. The van der Waals surface area contributed by atoms with E-state index in [9.17, 15) is 0 Å². The topological polar surface area (TPSA) is 3.24 Å². The SMILES string of the molecule is CCN(C)[C@@H]1c2c(C)cccc2[C@H](c2cc(Cl)c(Cl)c(C)c2C)C(C)C1(C)C.[HH].[HH].[HH].[HH].[HH].[HH].[HH].[HH].[HH].[HH].[HH].[HH].[HH].[HH].[HH].[HH].[HH].[HH].[HH].[HH].[HH].[HH].[HH].[HH].[HH].[HH].[HH].[HH].[HH]. The van der Waals surface area contributed by atoms with Crippen molar-refractivity contribution in [1.29, 1.82) is 0 Å². The van der Waals surface area contributed by atoms with Gasteiger partial charge in [0.1, 0.15) is 0 Å². The summed E-state index contributed by atoms with van der Waals surface area (Å²) in [7, 11) is 2.25. The molecule has 1 aliphatic rings. The highest BCUT2D eigenvalue weighted by Gasteiger charge is 2.48. The Morgan fingerprint density at radius 1 is 1.07 bits per heavy atom. The van der Waals surface area contributed by atoms with Gasteiger partial charge in [-0.25, -0.2) is 0 Å². The third kappa shape index (κ3) is 3.20. The second kappa shape index (κ2) is 7.67. The van der Waals surface area contributed by atoms with Gasteiger partial charge in [0.15, 0.2) is 0 Å². The molecule has 2 aromatic rings. The Morgan fingerprint density at radius 3 is 2.32 bits per heavy atom. The van der Waals surface area contributed by atoms with E-state index >= 15 is 0 Å². The van der Waals surface area contributed by atoms with Crippen LogP contribution in [0, 0.1) is 32.1 Å². The zero-order valence-corrected chi connectivity index (χ0v) is 20.0. The minimum absolute atomic E-state index is 0. The summed E-state index contributed by atoms with van der Waals surface area (Å²) in [4.78, 5) is 2.51. The summed E-state index contributed by atoms with van der Waals surface area (Å²) in [5.41, 5.74) is 8.09. The highest BCUT2D eigenvalue weighted by atomic mass is 35.5. The summed E-state index contributed by atoms with van der Waals surface area (Å²) in [5.74, 6) is 0.760. The smallest absolute Gasteiger partial charge is 0.0624 e. The van der Waals surface area contributed by atoms with Crippen molar-refractivity contribution in [3.05, 3.63) is 67.7 Å². The van der Waals surface area contributed by atoms with Gasteiger partial charge in [-0.1, -0.05) is 69.1 Å². The summed E-state index contributed by atoms with van der Waals surface area (Å²) in [6, 6.07) is 9.29. The maximum Gasteiger partial charge on any atom is 0.0624 e. The molecule has 28 heavy (non-hydrogen) atoms. The molecule has 0 spiro atoms. The van der Waals surface area contributed by atoms with Crippen LogP contribution in [0.15, 0.2) is 24.3 Å². The average Bonchev–Trinajstić information content (AvgIpc) is 2.65. The second-order valence-corrected chi connectivity index (χ2v) is 9.94.